The molecule has 0 unspecified atom stereocenters. The summed E-state index contributed by atoms with van der Waals surface area (Å²) in [5.74, 6) is 0. The van der Waals surface area contributed by atoms with E-state index in [9.17, 15) is 25.0 Å². The fourth-order valence-electron chi connectivity index (χ4n) is 1.09. The molecule has 90 valence electrons. The van der Waals surface area contributed by atoms with Crippen molar-refractivity contribution in [1.29, 1.82) is 0 Å². The zero-order valence-electron chi connectivity index (χ0n) is 8.16. The third-order valence-electron chi connectivity index (χ3n) is 1.82. The van der Waals surface area contributed by atoms with Crippen LogP contribution in [0.1, 0.15) is 5.56 Å². The van der Waals surface area contributed by atoms with Crippen molar-refractivity contribution in [1.82, 2.24) is 0 Å². The van der Waals surface area contributed by atoms with Crippen LogP contribution in [-0.4, -0.2) is 15.3 Å². The molecule has 0 aliphatic rings. The summed E-state index contributed by atoms with van der Waals surface area (Å²) in [4.78, 5) is 29.9. The van der Waals surface area contributed by atoms with Gasteiger partial charge in [-0.05, 0) is 6.07 Å². The van der Waals surface area contributed by atoms with E-state index < -0.39 is 33.3 Å². The summed E-state index contributed by atoms with van der Waals surface area (Å²) >= 11 is 4.90. The van der Waals surface area contributed by atoms with Gasteiger partial charge in [0.25, 0.3) is 11.4 Å². The Bertz CT molecular complexity index is 489. The minimum absolute atomic E-state index is 0.0228. The maximum atomic E-state index is 10.7. The van der Waals surface area contributed by atoms with Gasteiger partial charge in [0.1, 0.15) is 6.61 Å². The minimum Gasteiger partial charge on any atom is -0.449 e. The van der Waals surface area contributed by atoms with Crippen molar-refractivity contribution in [3.63, 3.8) is 0 Å². The molecule has 0 heterocycles. The molecule has 0 atom stereocenters. The van der Waals surface area contributed by atoms with Crippen LogP contribution in [0.2, 0.25) is 0 Å². The van der Waals surface area contributed by atoms with Crippen LogP contribution in [0, 0.1) is 20.2 Å². The first-order valence-electron chi connectivity index (χ1n) is 4.16. The highest BCUT2D eigenvalue weighted by molar-refractivity contribution is 6.61. The number of hydrogen-bond donors (Lipinski definition) is 0. The third-order valence-corrected chi connectivity index (χ3v) is 1.93. The number of carbonyl (C=O) groups excluding carboxylic acids is 1. The number of benzene rings is 1. The summed E-state index contributed by atoms with van der Waals surface area (Å²) in [6.07, 6.45) is 0. The predicted octanol–water partition coefficient (Wildman–Crippen LogP) is 2.38. The molecule has 0 saturated carbocycles. The second kappa shape index (κ2) is 5.21. The number of nitro groups is 2. The topological polar surface area (TPSA) is 113 Å². The molecule has 0 aliphatic carbocycles. The standard InChI is InChI=1S/C8H5ClN2O6/c9-8(12)17-4-5-1-2-6(10(13)14)3-7(5)11(15)16/h1-3H,4H2. The van der Waals surface area contributed by atoms with Crippen LogP contribution in [0.15, 0.2) is 18.2 Å². The number of non-ortho nitro benzene ring substituents is 1. The molecule has 1 aromatic carbocycles. The lowest BCUT2D eigenvalue weighted by molar-refractivity contribution is -0.394. The van der Waals surface area contributed by atoms with Crippen molar-refractivity contribution in [2.45, 2.75) is 6.61 Å². The number of nitro benzene ring substituents is 2. The van der Waals surface area contributed by atoms with Crippen LogP contribution in [-0.2, 0) is 11.3 Å². The maximum Gasteiger partial charge on any atom is 0.404 e. The predicted molar refractivity (Wildman–Crippen MR) is 55.8 cm³/mol. The molecule has 0 saturated heterocycles. The lowest BCUT2D eigenvalue weighted by Gasteiger charge is -2.02. The van der Waals surface area contributed by atoms with Gasteiger partial charge in [-0.2, -0.15) is 0 Å². The van der Waals surface area contributed by atoms with Gasteiger partial charge >= 0.3 is 5.43 Å². The van der Waals surface area contributed by atoms with E-state index in [1.807, 2.05) is 0 Å². The molecular weight excluding hydrogens is 256 g/mol. The Morgan fingerprint density at radius 1 is 1.29 bits per heavy atom. The van der Waals surface area contributed by atoms with Gasteiger partial charge in [-0.15, -0.1) is 0 Å². The Kier molecular flexibility index (Phi) is 3.94. The number of hydrogen-bond acceptors (Lipinski definition) is 6. The molecule has 0 bridgehead atoms. The zero-order valence-corrected chi connectivity index (χ0v) is 8.92. The molecule has 0 aromatic heterocycles. The van der Waals surface area contributed by atoms with Gasteiger partial charge in [0, 0.05) is 17.7 Å². The number of ether oxygens (including phenoxy) is 1. The van der Waals surface area contributed by atoms with Crippen LogP contribution >= 0.6 is 11.6 Å². The van der Waals surface area contributed by atoms with Crippen molar-refractivity contribution in [2.24, 2.45) is 0 Å². The monoisotopic (exact) mass is 260 g/mol. The first-order valence-corrected chi connectivity index (χ1v) is 4.53. The fraction of sp³-hybridized carbons (Fsp3) is 0.125. The van der Waals surface area contributed by atoms with E-state index in [4.69, 9.17) is 11.6 Å². The molecule has 0 amide bonds. The summed E-state index contributed by atoms with van der Waals surface area (Å²) < 4.78 is 4.37. The summed E-state index contributed by atoms with van der Waals surface area (Å²) in [6.45, 7) is -0.420. The molecule has 0 radical (unpaired) electrons. The minimum atomic E-state index is -1.11. The fourth-order valence-corrected chi connectivity index (χ4v) is 1.15. The summed E-state index contributed by atoms with van der Waals surface area (Å²) in [5, 5.41) is 21.1. The molecule has 17 heavy (non-hydrogen) atoms. The van der Waals surface area contributed by atoms with E-state index in [0.717, 1.165) is 18.2 Å². The highest BCUT2D eigenvalue weighted by Crippen LogP contribution is 2.25. The van der Waals surface area contributed by atoms with Gasteiger partial charge in [0.2, 0.25) is 0 Å². The Balaban J connectivity index is 3.08. The van der Waals surface area contributed by atoms with E-state index in [-0.39, 0.29) is 5.56 Å². The second-order valence-electron chi connectivity index (χ2n) is 2.85. The van der Waals surface area contributed by atoms with Gasteiger partial charge in [0.15, 0.2) is 0 Å². The van der Waals surface area contributed by atoms with Gasteiger partial charge in [-0.1, -0.05) is 0 Å². The van der Waals surface area contributed by atoms with Crippen molar-refractivity contribution < 1.29 is 19.4 Å². The normalized spacial score (nSPS) is 9.71. The quantitative estimate of drug-likeness (QED) is 0.466. The molecule has 9 heteroatoms. The number of rotatable bonds is 4. The van der Waals surface area contributed by atoms with Crippen LogP contribution in [0.4, 0.5) is 16.2 Å². The molecule has 0 aliphatic heterocycles. The molecule has 0 spiro atoms. The van der Waals surface area contributed by atoms with E-state index in [2.05, 4.69) is 4.74 Å². The number of halogens is 1. The van der Waals surface area contributed by atoms with Gasteiger partial charge < -0.3 is 4.74 Å². The van der Waals surface area contributed by atoms with E-state index in [0.29, 0.717) is 0 Å². The van der Waals surface area contributed by atoms with Crippen molar-refractivity contribution in [3.8, 4) is 0 Å². The summed E-state index contributed by atoms with van der Waals surface area (Å²) in [7, 11) is 0. The third kappa shape index (κ3) is 3.38. The SMILES string of the molecule is O=C(Cl)OCc1ccc([N+](=O)[O-])cc1[N+](=O)[O-]. The molecule has 1 aromatic rings. The number of nitrogens with zero attached hydrogens (tertiary/aromatic N) is 2. The Morgan fingerprint density at radius 3 is 2.41 bits per heavy atom. The summed E-state index contributed by atoms with van der Waals surface area (Å²) in [5.41, 5.74) is -2.01. The van der Waals surface area contributed by atoms with Gasteiger partial charge in [-0.3, -0.25) is 20.2 Å². The lowest BCUT2D eigenvalue weighted by Crippen LogP contribution is -2.01. The largest absolute Gasteiger partial charge is 0.449 e. The molecular formula is C8H5ClN2O6. The van der Waals surface area contributed by atoms with E-state index in [1.54, 1.807) is 0 Å². The Labute approximate surface area is 99.0 Å². The second-order valence-corrected chi connectivity index (χ2v) is 3.16. The van der Waals surface area contributed by atoms with Crippen molar-refractivity contribution in [3.05, 3.63) is 44.0 Å². The first-order chi connectivity index (χ1) is 7.91. The lowest BCUT2D eigenvalue weighted by atomic mass is 10.2. The average Bonchev–Trinajstić information content (AvgIpc) is 2.25. The molecule has 1 rings (SSSR count). The van der Waals surface area contributed by atoms with Gasteiger partial charge in [-0.25, -0.2) is 4.79 Å². The molecule has 8 nitrogen and oxygen atoms in total. The van der Waals surface area contributed by atoms with E-state index >= 15 is 0 Å². The molecule has 0 fully saturated rings. The van der Waals surface area contributed by atoms with Crippen molar-refractivity contribution in [2.75, 3.05) is 0 Å². The van der Waals surface area contributed by atoms with Gasteiger partial charge in [0.05, 0.1) is 21.5 Å². The average molecular weight is 261 g/mol. The zero-order chi connectivity index (χ0) is 13.0. The van der Waals surface area contributed by atoms with Crippen LogP contribution in [0.5, 0.6) is 0 Å². The van der Waals surface area contributed by atoms with Crippen LogP contribution < -0.4 is 0 Å². The Hall–Kier alpha value is -2.22. The van der Waals surface area contributed by atoms with E-state index in [1.165, 1.54) is 0 Å². The first kappa shape index (κ1) is 12.8. The molecule has 0 N–H and O–H groups in total. The number of carbonyl (C=O) groups is 1. The smallest absolute Gasteiger partial charge is 0.404 e. The highest BCUT2D eigenvalue weighted by Gasteiger charge is 2.19. The summed E-state index contributed by atoms with van der Waals surface area (Å²) in [6, 6.07) is 3.00. The van der Waals surface area contributed by atoms with Crippen LogP contribution in [0.3, 0.4) is 0 Å². The maximum absolute atomic E-state index is 10.7. The van der Waals surface area contributed by atoms with Crippen molar-refractivity contribution >= 4 is 28.4 Å². The van der Waals surface area contributed by atoms with Crippen LogP contribution in [0.25, 0.3) is 0 Å². The Morgan fingerprint density at radius 2 is 1.94 bits per heavy atom. The highest BCUT2D eigenvalue weighted by atomic mass is 35.5.